The number of aromatic amines is 1. The van der Waals surface area contributed by atoms with Gasteiger partial charge in [0.25, 0.3) is 5.91 Å². The summed E-state index contributed by atoms with van der Waals surface area (Å²) in [5, 5.41) is 9.68. The van der Waals surface area contributed by atoms with Crippen LogP contribution in [0.15, 0.2) is 30.3 Å². The zero-order valence-electron chi connectivity index (χ0n) is 11.1. The van der Waals surface area contributed by atoms with Crippen LogP contribution >= 0.6 is 0 Å². The number of amides is 1. The Morgan fingerprint density at radius 2 is 2.11 bits per heavy atom. The number of carbonyl (C=O) groups is 1. The van der Waals surface area contributed by atoms with Gasteiger partial charge < -0.3 is 11.1 Å². The fraction of sp³-hybridized carbons (Fsp3) is 0.286. The van der Waals surface area contributed by atoms with Crippen molar-refractivity contribution in [2.45, 2.75) is 19.9 Å². The van der Waals surface area contributed by atoms with Crippen molar-refractivity contribution < 1.29 is 4.79 Å². The normalized spacial score (nSPS) is 12.2. The molecule has 1 heterocycles. The Morgan fingerprint density at radius 3 is 2.74 bits per heavy atom. The molecule has 1 atom stereocenters. The lowest BCUT2D eigenvalue weighted by molar-refractivity contribution is 0.0936. The molecular weight excluding hydrogens is 240 g/mol. The minimum atomic E-state index is -0.191. The molecule has 5 nitrogen and oxygen atoms in total. The Balaban J connectivity index is 2.15. The summed E-state index contributed by atoms with van der Waals surface area (Å²) in [4.78, 5) is 11.9. The molecule has 0 aliphatic rings. The summed E-state index contributed by atoms with van der Waals surface area (Å²) < 4.78 is 0. The van der Waals surface area contributed by atoms with Crippen molar-refractivity contribution >= 4 is 5.91 Å². The van der Waals surface area contributed by atoms with Crippen molar-refractivity contribution in [3.8, 4) is 11.3 Å². The van der Waals surface area contributed by atoms with Crippen LogP contribution in [0.25, 0.3) is 11.3 Å². The van der Waals surface area contributed by atoms with E-state index in [0.717, 1.165) is 11.3 Å². The fourth-order valence-electron chi connectivity index (χ4n) is 1.67. The first-order valence-corrected chi connectivity index (χ1v) is 6.23. The molecule has 1 amide bonds. The van der Waals surface area contributed by atoms with Crippen molar-refractivity contribution in [3.63, 3.8) is 0 Å². The van der Waals surface area contributed by atoms with Crippen LogP contribution in [0.5, 0.6) is 0 Å². The molecule has 0 spiro atoms. The third-order valence-electron chi connectivity index (χ3n) is 2.90. The summed E-state index contributed by atoms with van der Waals surface area (Å²) in [6.07, 6.45) is 0. The highest BCUT2D eigenvalue weighted by Gasteiger charge is 2.12. The van der Waals surface area contributed by atoms with Gasteiger partial charge in [0.15, 0.2) is 0 Å². The van der Waals surface area contributed by atoms with Crippen LogP contribution in [0, 0.1) is 6.92 Å². The van der Waals surface area contributed by atoms with E-state index in [9.17, 15) is 4.79 Å². The van der Waals surface area contributed by atoms with Crippen LogP contribution in [-0.2, 0) is 0 Å². The molecule has 0 aliphatic carbocycles. The maximum atomic E-state index is 11.9. The van der Waals surface area contributed by atoms with Crippen molar-refractivity contribution in [2.75, 3.05) is 6.54 Å². The summed E-state index contributed by atoms with van der Waals surface area (Å²) in [7, 11) is 0. The number of hydrogen-bond donors (Lipinski definition) is 3. The first kappa shape index (κ1) is 13.3. The van der Waals surface area contributed by atoms with E-state index in [0.29, 0.717) is 12.2 Å². The Bertz CT molecular complexity index is 559. The van der Waals surface area contributed by atoms with Crippen molar-refractivity contribution in [1.82, 2.24) is 15.5 Å². The quantitative estimate of drug-likeness (QED) is 0.776. The minimum absolute atomic E-state index is 0.0568. The number of H-pyrrole nitrogens is 1. The second-order valence-corrected chi connectivity index (χ2v) is 4.64. The minimum Gasteiger partial charge on any atom is -0.347 e. The van der Waals surface area contributed by atoms with E-state index >= 15 is 0 Å². The maximum absolute atomic E-state index is 11.9. The van der Waals surface area contributed by atoms with Crippen LogP contribution in [0.2, 0.25) is 0 Å². The van der Waals surface area contributed by atoms with Gasteiger partial charge in [-0.1, -0.05) is 29.8 Å². The van der Waals surface area contributed by atoms with Crippen molar-refractivity contribution in [1.29, 1.82) is 0 Å². The molecule has 0 radical (unpaired) electrons. The van der Waals surface area contributed by atoms with Crippen LogP contribution < -0.4 is 11.1 Å². The molecule has 4 N–H and O–H groups in total. The molecule has 19 heavy (non-hydrogen) atoms. The van der Waals surface area contributed by atoms with E-state index in [1.54, 1.807) is 6.07 Å². The number of aromatic nitrogens is 2. The molecule has 0 unspecified atom stereocenters. The summed E-state index contributed by atoms with van der Waals surface area (Å²) in [5.41, 5.74) is 8.83. The summed E-state index contributed by atoms with van der Waals surface area (Å²) in [6.45, 7) is 4.29. The highest BCUT2D eigenvalue weighted by molar-refractivity contribution is 5.93. The predicted octanol–water partition coefficient (Wildman–Crippen LogP) is 1.46. The van der Waals surface area contributed by atoms with Gasteiger partial charge in [-0.25, -0.2) is 0 Å². The lowest BCUT2D eigenvalue weighted by atomic mass is 10.1. The number of rotatable bonds is 4. The second kappa shape index (κ2) is 5.67. The zero-order valence-corrected chi connectivity index (χ0v) is 11.1. The maximum Gasteiger partial charge on any atom is 0.269 e. The summed E-state index contributed by atoms with van der Waals surface area (Å²) in [6, 6.07) is 9.67. The van der Waals surface area contributed by atoms with Gasteiger partial charge in [0.2, 0.25) is 0 Å². The molecule has 0 fully saturated rings. The Hall–Kier alpha value is -2.14. The molecule has 0 aliphatic heterocycles. The number of carbonyl (C=O) groups excluding carboxylic acids is 1. The van der Waals surface area contributed by atoms with E-state index in [2.05, 4.69) is 15.5 Å². The molecule has 0 bridgehead atoms. The topological polar surface area (TPSA) is 83.8 Å². The van der Waals surface area contributed by atoms with Gasteiger partial charge in [-0.3, -0.25) is 9.89 Å². The first-order chi connectivity index (χ1) is 9.10. The van der Waals surface area contributed by atoms with Gasteiger partial charge >= 0.3 is 0 Å². The monoisotopic (exact) mass is 258 g/mol. The van der Waals surface area contributed by atoms with Crippen molar-refractivity contribution in [3.05, 3.63) is 41.6 Å². The molecule has 2 aromatic rings. The van der Waals surface area contributed by atoms with E-state index in [4.69, 9.17) is 5.73 Å². The molecule has 1 aromatic heterocycles. The van der Waals surface area contributed by atoms with Crippen molar-refractivity contribution in [2.24, 2.45) is 5.73 Å². The second-order valence-electron chi connectivity index (χ2n) is 4.64. The average molecular weight is 258 g/mol. The molecule has 2 rings (SSSR count). The molecule has 0 saturated heterocycles. The highest BCUT2D eigenvalue weighted by Crippen LogP contribution is 2.18. The van der Waals surface area contributed by atoms with E-state index < -0.39 is 0 Å². The summed E-state index contributed by atoms with van der Waals surface area (Å²) >= 11 is 0. The van der Waals surface area contributed by atoms with Crippen LogP contribution in [-0.4, -0.2) is 28.7 Å². The molecule has 0 saturated carbocycles. The Kier molecular flexibility index (Phi) is 3.97. The number of aryl methyl sites for hydroxylation is 1. The largest absolute Gasteiger partial charge is 0.347 e. The smallest absolute Gasteiger partial charge is 0.269 e. The zero-order chi connectivity index (χ0) is 13.8. The van der Waals surface area contributed by atoms with Gasteiger partial charge in [0.05, 0.1) is 5.69 Å². The van der Waals surface area contributed by atoms with E-state index in [1.165, 1.54) is 5.56 Å². The standard InChI is InChI=1S/C14H18N4O/c1-9-3-5-11(6-4-9)12-7-13(18-17-12)14(19)16-10(2)8-15/h3-7,10H,8,15H2,1-2H3,(H,16,19)(H,17,18)/t10-/m0/s1. The van der Waals surface area contributed by atoms with Crippen LogP contribution in [0.3, 0.4) is 0 Å². The molecular formula is C14H18N4O. The SMILES string of the molecule is Cc1ccc(-c2cc(C(=O)N[C@@H](C)CN)[nH]n2)cc1. The number of nitrogens with one attached hydrogen (secondary N) is 2. The third kappa shape index (κ3) is 3.20. The van der Waals surface area contributed by atoms with Gasteiger partial charge in [-0.2, -0.15) is 5.10 Å². The fourth-order valence-corrected chi connectivity index (χ4v) is 1.67. The predicted molar refractivity (Wildman–Crippen MR) is 74.7 cm³/mol. The van der Waals surface area contributed by atoms with Gasteiger partial charge in [0, 0.05) is 18.2 Å². The van der Waals surface area contributed by atoms with Crippen LogP contribution in [0.1, 0.15) is 23.0 Å². The molecule has 100 valence electrons. The third-order valence-corrected chi connectivity index (χ3v) is 2.90. The van der Waals surface area contributed by atoms with Gasteiger partial charge in [-0.15, -0.1) is 0 Å². The number of benzene rings is 1. The van der Waals surface area contributed by atoms with Gasteiger partial charge in [0.1, 0.15) is 5.69 Å². The lowest BCUT2D eigenvalue weighted by Gasteiger charge is -2.09. The van der Waals surface area contributed by atoms with E-state index in [-0.39, 0.29) is 11.9 Å². The number of hydrogen-bond acceptors (Lipinski definition) is 3. The Morgan fingerprint density at radius 1 is 1.42 bits per heavy atom. The van der Waals surface area contributed by atoms with Crippen LogP contribution in [0.4, 0.5) is 0 Å². The first-order valence-electron chi connectivity index (χ1n) is 6.23. The molecule has 5 heteroatoms. The van der Waals surface area contributed by atoms with E-state index in [1.807, 2.05) is 38.1 Å². The summed E-state index contributed by atoms with van der Waals surface area (Å²) in [5.74, 6) is -0.191. The number of nitrogens with two attached hydrogens (primary N) is 1. The lowest BCUT2D eigenvalue weighted by Crippen LogP contribution is -2.37. The highest BCUT2D eigenvalue weighted by atomic mass is 16.2. The molecule has 1 aromatic carbocycles. The number of nitrogens with zero attached hydrogens (tertiary/aromatic N) is 1. The Labute approximate surface area is 112 Å². The van der Waals surface area contributed by atoms with Gasteiger partial charge in [-0.05, 0) is 19.9 Å². The average Bonchev–Trinajstić information content (AvgIpc) is 2.89.